The van der Waals surface area contributed by atoms with E-state index < -0.39 is 0 Å². The Morgan fingerprint density at radius 3 is 2.80 bits per heavy atom. The SMILES string of the molecule is CCCCC(CC)NCc1ncc(C)s1. The van der Waals surface area contributed by atoms with E-state index in [0.29, 0.717) is 6.04 Å². The third-order valence-electron chi connectivity index (χ3n) is 2.61. The zero-order valence-electron chi connectivity index (χ0n) is 10.0. The zero-order valence-corrected chi connectivity index (χ0v) is 10.9. The second kappa shape index (κ2) is 6.96. The summed E-state index contributed by atoms with van der Waals surface area (Å²) in [4.78, 5) is 5.66. The molecule has 0 fully saturated rings. The van der Waals surface area contributed by atoms with E-state index in [1.807, 2.05) is 6.20 Å². The van der Waals surface area contributed by atoms with Crippen LogP contribution < -0.4 is 5.32 Å². The predicted octanol–water partition coefficient (Wildman–Crippen LogP) is 3.51. The number of thiazole rings is 1. The highest BCUT2D eigenvalue weighted by atomic mass is 32.1. The molecule has 1 N–H and O–H groups in total. The van der Waals surface area contributed by atoms with Crippen molar-refractivity contribution in [2.75, 3.05) is 0 Å². The van der Waals surface area contributed by atoms with Gasteiger partial charge in [0.15, 0.2) is 0 Å². The highest BCUT2D eigenvalue weighted by Gasteiger charge is 2.06. The van der Waals surface area contributed by atoms with Crippen molar-refractivity contribution in [2.45, 2.75) is 59.0 Å². The maximum atomic E-state index is 4.36. The first kappa shape index (κ1) is 12.7. The van der Waals surface area contributed by atoms with Crippen molar-refractivity contribution in [1.82, 2.24) is 10.3 Å². The number of aromatic nitrogens is 1. The molecule has 1 rings (SSSR count). The summed E-state index contributed by atoms with van der Waals surface area (Å²) >= 11 is 1.79. The molecule has 0 spiro atoms. The number of hydrogen-bond acceptors (Lipinski definition) is 3. The van der Waals surface area contributed by atoms with Crippen LogP contribution in [0.3, 0.4) is 0 Å². The van der Waals surface area contributed by atoms with Gasteiger partial charge < -0.3 is 5.32 Å². The molecular formula is C12H22N2S. The van der Waals surface area contributed by atoms with Gasteiger partial charge in [0.1, 0.15) is 5.01 Å². The van der Waals surface area contributed by atoms with Gasteiger partial charge in [0.05, 0.1) is 0 Å². The molecule has 0 aromatic carbocycles. The molecule has 0 saturated carbocycles. The van der Waals surface area contributed by atoms with E-state index >= 15 is 0 Å². The second-order valence-corrected chi connectivity index (χ2v) is 5.31. The Morgan fingerprint density at radius 1 is 1.47 bits per heavy atom. The summed E-state index contributed by atoms with van der Waals surface area (Å²) in [6, 6.07) is 0.661. The van der Waals surface area contributed by atoms with Gasteiger partial charge in [0.25, 0.3) is 0 Å². The van der Waals surface area contributed by atoms with Gasteiger partial charge in [-0.05, 0) is 19.8 Å². The minimum Gasteiger partial charge on any atom is -0.308 e. The van der Waals surface area contributed by atoms with Crippen molar-refractivity contribution in [3.63, 3.8) is 0 Å². The zero-order chi connectivity index (χ0) is 11.1. The van der Waals surface area contributed by atoms with Crippen LogP contribution >= 0.6 is 11.3 Å². The second-order valence-electron chi connectivity index (χ2n) is 3.99. The van der Waals surface area contributed by atoms with Gasteiger partial charge in [0.2, 0.25) is 0 Å². The van der Waals surface area contributed by atoms with E-state index in [1.165, 1.54) is 35.6 Å². The Bertz CT molecular complexity index is 270. The lowest BCUT2D eigenvalue weighted by atomic mass is 10.1. The molecule has 15 heavy (non-hydrogen) atoms. The van der Waals surface area contributed by atoms with E-state index in [-0.39, 0.29) is 0 Å². The van der Waals surface area contributed by atoms with Crippen LogP contribution in [0.4, 0.5) is 0 Å². The number of rotatable bonds is 7. The molecule has 3 heteroatoms. The lowest BCUT2D eigenvalue weighted by molar-refractivity contribution is 0.451. The number of nitrogens with zero attached hydrogens (tertiary/aromatic N) is 1. The highest BCUT2D eigenvalue weighted by Crippen LogP contribution is 2.12. The summed E-state index contributed by atoms with van der Waals surface area (Å²) < 4.78 is 0. The van der Waals surface area contributed by atoms with Gasteiger partial charge in [0, 0.05) is 23.7 Å². The fourth-order valence-corrected chi connectivity index (χ4v) is 2.35. The normalized spacial score (nSPS) is 13.0. The Morgan fingerprint density at radius 2 is 2.27 bits per heavy atom. The molecule has 86 valence electrons. The maximum Gasteiger partial charge on any atom is 0.107 e. The van der Waals surface area contributed by atoms with Gasteiger partial charge in [-0.2, -0.15) is 0 Å². The molecule has 2 nitrogen and oxygen atoms in total. The predicted molar refractivity (Wildman–Crippen MR) is 67.3 cm³/mol. The Kier molecular flexibility index (Phi) is 5.88. The van der Waals surface area contributed by atoms with Crippen molar-refractivity contribution >= 4 is 11.3 Å². The molecular weight excluding hydrogens is 204 g/mol. The average Bonchev–Trinajstić information content (AvgIpc) is 2.65. The highest BCUT2D eigenvalue weighted by molar-refractivity contribution is 7.11. The molecule has 1 aromatic heterocycles. The third kappa shape index (κ3) is 4.76. The van der Waals surface area contributed by atoms with Crippen LogP contribution in [0.5, 0.6) is 0 Å². The topological polar surface area (TPSA) is 24.9 Å². The summed E-state index contributed by atoms with van der Waals surface area (Å²) in [6.07, 6.45) is 7.06. The number of unbranched alkanes of at least 4 members (excludes halogenated alkanes) is 1. The van der Waals surface area contributed by atoms with Crippen molar-refractivity contribution in [3.05, 3.63) is 16.1 Å². The van der Waals surface area contributed by atoms with E-state index in [0.717, 1.165) is 6.54 Å². The summed E-state index contributed by atoms with van der Waals surface area (Å²) in [5.41, 5.74) is 0. The smallest absolute Gasteiger partial charge is 0.107 e. The monoisotopic (exact) mass is 226 g/mol. The minimum absolute atomic E-state index is 0.661. The van der Waals surface area contributed by atoms with Crippen LogP contribution in [-0.2, 0) is 6.54 Å². The molecule has 1 aromatic rings. The number of aryl methyl sites for hydroxylation is 1. The Balaban J connectivity index is 2.27. The molecule has 0 aliphatic carbocycles. The first-order valence-corrected chi connectivity index (χ1v) is 6.72. The summed E-state index contributed by atoms with van der Waals surface area (Å²) in [5, 5.41) is 4.79. The van der Waals surface area contributed by atoms with Crippen LogP contribution in [0.15, 0.2) is 6.20 Å². The first-order chi connectivity index (χ1) is 7.26. The molecule has 1 unspecified atom stereocenters. The summed E-state index contributed by atoms with van der Waals surface area (Å²) in [6.45, 7) is 7.54. The first-order valence-electron chi connectivity index (χ1n) is 5.91. The summed E-state index contributed by atoms with van der Waals surface area (Å²) in [5.74, 6) is 0. The maximum absolute atomic E-state index is 4.36. The lowest BCUT2D eigenvalue weighted by Gasteiger charge is -2.15. The quantitative estimate of drug-likeness (QED) is 0.769. The standard InChI is InChI=1S/C12H22N2S/c1-4-6-7-11(5-2)13-9-12-14-8-10(3)15-12/h8,11,13H,4-7,9H2,1-3H3. The van der Waals surface area contributed by atoms with E-state index in [9.17, 15) is 0 Å². The molecule has 0 bridgehead atoms. The average molecular weight is 226 g/mol. The number of nitrogens with one attached hydrogen (secondary N) is 1. The van der Waals surface area contributed by atoms with E-state index in [2.05, 4.69) is 31.1 Å². The molecule has 0 saturated heterocycles. The fraction of sp³-hybridized carbons (Fsp3) is 0.750. The van der Waals surface area contributed by atoms with Crippen LogP contribution in [0.25, 0.3) is 0 Å². The molecule has 0 aliphatic rings. The Labute approximate surface area is 97.1 Å². The van der Waals surface area contributed by atoms with Gasteiger partial charge in [-0.25, -0.2) is 4.98 Å². The molecule has 0 radical (unpaired) electrons. The largest absolute Gasteiger partial charge is 0.308 e. The van der Waals surface area contributed by atoms with Crippen LogP contribution in [0.2, 0.25) is 0 Å². The van der Waals surface area contributed by atoms with Gasteiger partial charge in [-0.15, -0.1) is 11.3 Å². The van der Waals surface area contributed by atoms with Crippen molar-refractivity contribution < 1.29 is 0 Å². The fourth-order valence-electron chi connectivity index (χ4n) is 1.62. The van der Waals surface area contributed by atoms with Crippen molar-refractivity contribution in [3.8, 4) is 0 Å². The van der Waals surface area contributed by atoms with Crippen molar-refractivity contribution in [2.24, 2.45) is 0 Å². The van der Waals surface area contributed by atoms with Gasteiger partial charge in [-0.3, -0.25) is 0 Å². The molecule has 0 aliphatic heterocycles. The third-order valence-corrected chi connectivity index (χ3v) is 3.52. The van der Waals surface area contributed by atoms with E-state index in [1.54, 1.807) is 11.3 Å². The van der Waals surface area contributed by atoms with E-state index in [4.69, 9.17) is 0 Å². The van der Waals surface area contributed by atoms with Crippen molar-refractivity contribution in [1.29, 1.82) is 0 Å². The minimum atomic E-state index is 0.661. The Hall–Kier alpha value is -0.410. The molecule has 1 heterocycles. The van der Waals surface area contributed by atoms with Gasteiger partial charge in [-0.1, -0.05) is 26.7 Å². The molecule has 1 atom stereocenters. The van der Waals surface area contributed by atoms with Crippen LogP contribution in [-0.4, -0.2) is 11.0 Å². The van der Waals surface area contributed by atoms with Crippen LogP contribution in [0, 0.1) is 6.92 Å². The number of hydrogen-bond donors (Lipinski definition) is 1. The molecule has 0 amide bonds. The lowest BCUT2D eigenvalue weighted by Crippen LogP contribution is -2.27. The van der Waals surface area contributed by atoms with Crippen LogP contribution in [0.1, 0.15) is 49.4 Å². The van der Waals surface area contributed by atoms with Gasteiger partial charge >= 0.3 is 0 Å². The summed E-state index contributed by atoms with van der Waals surface area (Å²) in [7, 11) is 0.